The summed E-state index contributed by atoms with van der Waals surface area (Å²) in [5, 5.41) is 7.07. The summed E-state index contributed by atoms with van der Waals surface area (Å²) in [4.78, 5) is 11.9. The maximum Gasteiger partial charge on any atom is 0.231 e. The second kappa shape index (κ2) is 8.32. The van der Waals surface area contributed by atoms with E-state index in [1.807, 2.05) is 19.9 Å². The number of ether oxygens (including phenoxy) is 2. The summed E-state index contributed by atoms with van der Waals surface area (Å²) in [7, 11) is 0. The van der Waals surface area contributed by atoms with Gasteiger partial charge in [0.25, 0.3) is 0 Å². The van der Waals surface area contributed by atoms with Gasteiger partial charge >= 0.3 is 0 Å². The molecule has 1 unspecified atom stereocenters. The Morgan fingerprint density at radius 2 is 2.12 bits per heavy atom. The molecular formula is C19H30N2O4. The molecular weight excluding hydrogens is 320 g/mol. The molecule has 25 heavy (non-hydrogen) atoms. The fraction of sp³-hybridized carbons (Fsp3) is 0.789. The number of rotatable bonds is 6. The largest absolute Gasteiger partial charge is 0.353 e. The highest BCUT2D eigenvalue weighted by Gasteiger charge is 2.38. The van der Waals surface area contributed by atoms with Crippen molar-refractivity contribution < 1.29 is 18.8 Å². The summed E-state index contributed by atoms with van der Waals surface area (Å²) in [5.74, 6) is 0.267. The number of amides is 1. The second-order valence-electron chi connectivity index (χ2n) is 7.67. The van der Waals surface area contributed by atoms with Gasteiger partial charge in [0.1, 0.15) is 0 Å². The van der Waals surface area contributed by atoms with Gasteiger partial charge in [0.15, 0.2) is 6.29 Å². The molecule has 1 aromatic heterocycles. The van der Waals surface area contributed by atoms with E-state index in [2.05, 4.69) is 10.5 Å². The lowest BCUT2D eigenvalue weighted by molar-refractivity contribution is -0.174. The lowest BCUT2D eigenvalue weighted by Crippen LogP contribution is -2.37. The van der Waals surface area contributed by atoms with Gasteiger partial charge in [-0.05, 0) is 32.1 Å². The zero-order valence-corrected chi connectivity index (χ0v) is 15.4. The Morgan fingerprint density at radius 1 is 1.32 bits per heavy atom. The zero-order valence-electron chi connectivity index (χ0n) is 15.4. The normalized spacial score (nSPS) is 23.6. The Kier molecular flexibility index (Phi) is 6.12. The van der Waals surface area contributed by atoms with Gasteiger partial charge in [-0.2, -0.15) is 0 Å². The molecule has 140 valence electrons. The van der Waals surface area contributed by atoms with E-state index in [1.54, 1.807) is 0 Å². The maximum absolute atomic E-state index is 11.9. The van der Waals surface area contributed by atoms with Gasteiger partial charge in [0, 0.05) is 24.0 Å². The van der Waals surface area contributed by atoms with Gasteiger partial charge in [0.05, 0.1) is 12.3 Å². The molecule has 1 aliphatic heterocycles. The third-order valence-corrected chi connectivity index (χ3v) is 5.32. The van der Waals surface area contributed by atoms with Crippen LogP contribution in [-0.2, 0) is 19.7 Å². The molecule has 1 saturated carbocycles. The van der Waals surface area contributed by atoms with Crippen molar-refractivity contribution >= 4 is 11.8 Å². The molecule has 0 radical (unpaired) electrons. The van der Waals surface area contributed by atoms with Crippen molar-refractivity contribution in [1.29, 1.82) is 0 Å². The number of carbonyl (C=O) groups is 1. The molecule has 1 aliphatic carbocycles. The number of carbonyl (C=O) groups excluding carboxylic acids is 1. The van der Waals surface area contributed by atoms with E-state index in [1.165, 1.54) is 6.42 Å². The zero-order chi connectivity index (χ0) is 17.7. The van der Waals surface area contributed by atoms with Crippen LogP contribution in [0.5, 0.6) is 0 Å². The van der Waals surface area contributed by atoms with Crippen molar-refractivity contribution in [3.05, 3.63) is 11.8 Å². The van der Waals surface area contributed by atoms with Gasteiger partial charge in [-0.3, -0.25) is 10.1 Å². The molecule has 1 atom stereocenters. The van der Waals surface area contributed by atoms with Crippen molar-refractivity contribution in [3.63, 3.8) is 0 Å². The van der Waals surface area contributed by atoms with E-state index in [0.29, 0.717) is 12.5 Å². The van der Waals surface area contributed by atoms with E-state index in [0.717, 1.165) is 57.2 Å². The van der Waals surface area contributed by atoms with E-state index in [4.69, 9.17) is 14.0 Å². The summed E-state index contributed by atoms with van der Waals surface area (Å²) in [6.07, 6.45) is 8.78. The van der Waals surface area contributed by atoms with Crippen LogP contribution < -0.4 is 5.32 Å². The average molecular weight is 350 g/mol. The van der Waals surface area contributed by atoms with Gasteiger partial charge in [-0.1, -0.05) is 38.3 Å². The average Bonchev–Trinajstić information content (AvgIpc) is 3.11. The van der Waals surface area contributed by atoms with Crippen LogP contribution in [0.3, 0.4) is 0 Å². The van der Waals surface area contributed by atoms with Crippen molar-refractivity contribution in [2.45, 2.75) is 76.9 Å². The van der Waals surface area contributed by atoms with E-state index < -0.39 is 0 Å². The highest BCUT2D eigenvalue weighted by Crippen LogP contribution is 2.40. The predicted molar refractivity (Wildman–Crippen MR) is 94.3 cm³/mol. The summed E-state index contributed by atoms with van der Waals surface area (Å²) >= 11 is 0. The Hall–Kier alpha value is -1.40. The quantitative estimate of drug-likeness (QED) is 0.839. The van der Waals surface area contributed by atoms with Crippen LogP contribution in [0.15, 0.2) is 10.6 Å². The number of hydrogen-bond acceptors (Lipinski definition) is 5. The number of nitrogens with one attached hydrogen (secondary N) is 1. The summed E-state index contributed by atoms with van der Waals surface area (Å²) in [5.41, 5.74) is 0.755. The second-order valence-corrected chi connectivity index (χ2v) is 7.67. The Morgan fingerprint density at radius 3 is 2.80 bits per heavy atom. The van der Waals surface area contributed by atoms with Crippen LogP contribution in [0.1, 0.15) is 70.9 Å². The van der Waals surface area contributed by atoms with Gasteiger partial charge < -0.3 is 14.0 Å². The Labute approximate surface area is 149 Å². The minimum absolute atomic E-state index is 0.0627. The van der Waals surface area contributed by atoms with Crippen molar-refractivity contribution in [2.24, 2.45) is 5.92 Å². The number of nitrogens with zero attached hydrogens (tertiary/aromatic N) is 1. The molecule has 6 heteroatoms. The number of anilines is 1. The van der Waals surface area contributed by atoms with Crippen LogP contribution in [0.2, 0.25) is 0 Å². The highest BCUT2D eigenvalue weighted by molar-refractivity contribution is 5.90. The van der Waals surface area contributed by atoms with Crippen LogP contribution >= 0.6 is 0 Å². The highest BCUT2D eigenvalue weighted by atomic mass is 16.7. The molecule has 0 spiro atoms. The SMILES string of the molecule is CC(C)C(=O)Nc1cc(C2(COC3CCCCO3)CCCCC2)no1. The van der Waals surface area contributed by atoms with Gasteiger partial charge in [-0.25, -0.2) is 0 Å². The Bertz CT molecular complexity index is 558. The van der Waals surface area contributed by atoms with Crippen LogP contribution in [-0.4, -0.2) is 30.6 Å². The predicted octanol–water partition coefficient (Wildman–Crippen LogP) is 4.01. The monoisotopic (exact) mass is 350 g/mol. The molecule has 1 amide bonds. The molecule has 2 aliphatic rings. The molecule has 0 bridgehead atoms. The smallest absolute Gasteiger partial charge is 0.231 e. The minimum atomic E-state index is -0.136. The fourth-order valence-electron chi connectivity index (χ4n) is 3.65. The third-order valence-electron chi connectivity index (χ3n) is 5.32. The van der Waals surface area contributed by atoms with Crippen LogP contribution in [0.4, 0.5) is 5.88 Å². The Balaban J connectivity index is 1.69. The summed E-state index contributed by atoms with van der Waals surface area (Å²) < 4.78 is 17.2. The standard InChI is InChI=1S/C19H30N2O4/c1-14(2)18(22)20-16-12-15(21-25-16)19(9-5-3-6-10-19)13-24-17-8-4-7-11-23-17/h12,14,17H,3-11,13H2,1-2H3,(H,20,22). The maximum atomic E-state index is 11.9. The topological polar surface area (TPSA) is 73.6 Å². The van der Waals surface area contributed by atoms with E-state index in [9.17, 15) is 4.79 Å². The van der Waals surface area contributed by atoms with E-state index >= 15 is 0 Å². The summed E-state index contributed by atoms with van der Waals surface area (Å²) in [6.45, 7) is 5.09. The first-order valence-electron chi connectivity index (χ1n) is 9.60. The fourth-order valence-corrected chi connectivity index (χ4v) is 3.65. The van der Waals surface area contributed by atoms with Gasteiger partial charge in [0.2, 0.25) is 11.8 Å². The van der Waals surface area contributed by atoms with Gasteiger partial charge in [-0.15, -0.1) is 0 Å². The molecule has 3 rings (SSSR count). The number of aromatic nitrogens is 1. The van der Waals surface area contributed by atoms with Crippen molar-refractivity contribution in [2.75, 3.05) is 18.5 Å². The first kappa shape index (κ1) is 18.4. The molecule has 0 aromatic carbocycles. The third kappa shape index (κ3) is 4.61. The first-order valence-corrected chi connectivity index (χ1v) is 9.60. The lowest BCUT2D eigenvalue weighted by Gasteiger charge is -2.36. The first-order chi connectivity index (χ1) is 12.1. The van der Waals surface area contributed by atoms with Crippen molar-refractivity contribution in [1.82, 2.24) is 5.16 Å². The minimum Gasteiger partial charge on any atom is -0.353 e. The van der Waals surface area contributed by atoms with Crippen LogP contribution in [0.25, 0.3) is 0 Å². The molecule has 1 saturated heterocycles. The molecule has 2 fully saturated rings. The lowest BCUT2D eigenvalue weighted by atomic mass is 9.72. The number of hydrogen-bond donors (Lipinski definition) is 1. The molecule has 2 heterocycles. The van der Waals surface area contributed by atoms with Crippen molar-refractivity contribution in [3.8, 4) is 0 Å². The summed E-state index contributed by atoms with van der Waals surface area (Å²) in [6, 6.07) is 1.87. The molecule has 1 N–H and O–H groups in total. The van der Waals surface area contributed by atoms with Crippen LogP contribution in [0, 0.1) is 5.92 Å². The van der Waals surface area contributed by atoms with E-state index in [-0.39, 0.29) is 23.5 Å². The molecule has 1 aromatic rings. The molecule has 6 nitrogen and oxygen atoms in total.